The lowest BCUT2D eigenvalue weighted by Gasteiger charge is -2.07. The molecule has 2 aromatic rings. The molecule has 0 aliphatic carbocycles. The Balaban J connectivity index is 2.12. The highest BCUT2D eigenvalue weighted by atomic mass is 32.2. The predicted molar refractivity (Wildman–Crippen MR) is 76.3 cm³/mol. The molecule has 1 aromatic heterocycles. The van der Waals surface area contributed by atoms with Gasteiger partial charge in [-0.05, 0) is 24.6 Å². The normalized spacial score (nSPS) is 11.8. The minimum atomic E-state index is -3.52. The largest absolute Gasteiger partial charge is 0.326 e. The van der Waals surface area contributed by atoms with Crippen LogP contribution in [0.5, 0.6) is 0 Å². The number of rotatable bonds is 5. The molecule has 0 spiro atoms. The summed E-state index contributed by atoms with van der Waals surface area (Å²) >= 11 is 0. The number of nitrogens with zero attached hydrogens (tertiary/aromatic N) is 2. The van der Waals surface area contributed by atoms with Gasteiger partial charge in [0.1, 0.15) is 0 Å². The predicted octanol–water partition coefficient (Wildman–Crippen LogP) is 0.666. The van der Waals surface area contributed by atoms with Crippen molar-refractivity contribution < 1.29 is 8.42 Å². The van der Waals surface area contributed by atoms with E-state index in [1.165, 1.54) is 0 Å². The molecule has 1 aromatic carbocycles. The molecule has 0 amide bonds. The van der Waals surface area contributed by atoms with Crippen molar-refractivity contribution in [1.29, 1.82) is 0 Å². The van der Waals surface area contributed by atoms with Crippen molar-refractivity contribution in [2.75, 3.05) is 0 Å². The van der Waals surface area contributed by atoms with Crippen LogP contribution in [0.2, 0.25) is 0 Å². The van der Waals surface area contributed by atoms with Crippen molar-refractivity contribution in [3.05, 3.63) is 47.3 Å². The van der Waals surface area contributed by atoms with E-state index in [9.17, 15) is 8.42 Å². The molecule has 0 unspecified atom stereocenters. The Morgan fingerprint density at radius 2 is 1.95 bits per heavy atom. The number of nitrogens with one attached hydrogen (secondary N) is 1. The molecule has 1 heterocycles. The van der Waals surface area contributed by atoms with Crippen LogP contribution in [0.25, 0.3) is 0 Å². The first-order valence-corrected chi connectivity index (χ1v) is 7.68. The minimum Gasteiger partial charge on any atom is -0.326 e. The molecular weight excluding hydrogens is 276 g/mol. The summed E-state index contributed by atoms with van der Waals surface area (Å²) in [5.74, 6) is 0. The molecule has 0 atom stereocenters. The fourth-order valence-corrected chi connectivity index (χ4v) is 2.79. The van der Waals surface area contributed by atoms with Gasteiger partial charge < -0.3 is 5.73 Å². The van der Waals surface area contributed by atoms with Crippen LogP contribution in [0, 0.1) is 6.92 Å². The first-order chi connectivity index (χ1) is 9.44. The SMILES string of the molecule is Cc1c(CNS(=O)(=O)c2ccc(CN)cc2)cnn1C. The molecular formula is C13H18N4O2S. The van der Waals surface area contributed by atoms with E-state index >= 15 is 0 Å². The Bertz CT molecular complexity index is 690. The van der Waals surface area contributed by atoms with Crippen LogP contribution in [0.3, 0.4) is 0 Å². The van der Waals surface area contributed by atoms with Crippen LogP contribution in [0.15, 0.2) is 35.4 Å². The number of hydrogen-bond acceptors (Lipinski definition) is 4. The van der Waals surface area contributed by atoms with E-state index in [1.54, 1.807) is 35.1 Å². The molecule has 0 aliphatic heterocycles. The lowest BCUT2D eigenvalue weighted by Crippen LogP contribution is -2.23. The van der Waals surface area contributed by atoms with Gasteiger partial charge in [0.15, 0.2) is 0 Å². The summed E-state index contributed by atoms with van der Waals surface area (Å²) in [7, 11) is -1.70. The second-order valence-electron chi connectivity index (χ2n) is 4.55. The van der Waals surface area contributed by atoms with Crippen molar-refractivity contribution in [3.8, 4) is 0 Å². The molecule has 6 nitrogen and oxygen atoms in total. The molecule has 0 fully saturated rings. The third-order valence-corrected chi connectivity index (χ3v) is 4.68. The average molecular weight is 294 g/mol. The molecule has 0 saturated carbocycles. The van der Waals surface area contributed by atoms with Gasteiger partial charge in [-0.3, -0.25) is 4.68 Å². The summed E-state index contributed by atoms with van der Waals surface area (Å²) < 4.78 is 28.6. The van der Waals surface area contributed by atoms with Crippen LogP contribution in [0.1, 0.15) is 16.8 Å². The van der Waals surface area contributed by atoms with Crippen LogP contribution in [-0.2, 0) is 30.2 Å². The van der Waals surface area contributed by atoms with Crippen molar-refractivity contribution in [2.24, 2.45) is 12.8 Å². The molecule has 108 valence electrons. The minimum absolute atomic E-state index is 0.223. The van der Waals surface area contributed by atoms with Gasteiger partial charge in [0, 0.05) is 31.4 Å². The summed E-state index contributed by atoms with van der Waals surface area (Å²) in [5.41, 5.74) is 8.18. The van der Waals surface area contributed by atoms with Gasteiger partial charge in [0.25, 0.3) is 0 Å². The molecule has 2 rings (SSSR count). The fourth-order valence-electron chi connectivity index (χ4n) is 1.78. The van der Waals surface area contributed by atoms with Crippen molar-refractivity contribution in [1.82, 2.24) is 14.5 Å². The summed E-state index contributed by atoms with van der Waals surface area (Å²) in [6, 6.07) is 6.54. The maximum atomic E-state index is 12.2. The van der Waals surface area contributed by atoms with Gasteiger partial charge in [-0.1, -0.05) is 12.1 Å². The maximum Gasteiger partial charge on any atom is 0.240 e. The second-order valence-corrected chi connectivity index (χ2v) is 6.32. The Kier molecular flexibility index (Phi) is 4.22. The van der Waals surface area contributed by atoms with Gasteiger partial charge in [0.2, 0.25) is 10.0 Å². The Morgan fingerprint density at radius 3 is 2.45 bits per heavy atom. The van der Waals surface area contributed by atoms with E-state index in [0.29, 0.717) is 6.54 Å². The molecule has 3 N–H and O–H groups in total. The summed E-state index contributed by atoms with van der Waals surface area (Å²) in [5, 5.41) is 4.08. The molecule has 7 heteroatoms. The highest BCUT2D eigenvalue weighted by molar-refractivity contribution is 7.89. The van der Waals surface area contributed by atoms with Crippen molar-refractivity contribution >= 4 is 10.0 Å². The lowest BCUT2D eigenvalue weighted by molar-refractivity contribution is 0.581. The average Bonchev–Trinajstić information content (AvgIpc) is 2.77. The van der Waals surface area contributed by atoms with Crippen LogP contribution >= 0.6 is 0 Å². The molecule has 20 heavy (non-hydrogen) atoms. The van der Waals surface area contributed by atoms with Crippen LogP contribution < -0.4 is 10.5 Å². The van der Waals surface area contributed by atoms with Gasteiger partial charge in [-0.2, -0.15) is 5.10 Å². The molecule has 0 bridgehead atoms. The third-order valence-electron chi connectivity index (χ3n) is 3.26. The van der Waals surface area contributed by atoms with Gasteiger partial charge in [0.05, 0.1) is 11.1 Å². The van der Waals surface area contributed by atoms with Gasteiger partial charge >= 0.3 is 0 Å². The van der Waals surface area contributed by atoms with Gasteiger partial charge in [-0.25, -0.2) is 13.1 Å². The Morgan fingerprint density at radius 1 is 1.30 bits per heavy atom. The zero-order chi connectivity index (χ0) is 14.8. The van der Waals surface area contributed by atoms with E-state index in [0.717, 1.165) is 16.8 Å². The van der Waals surface area contributed by atoms with Crippen LogP contribution in [-0.4, -0.2) is 18.2 Å². The van der Waals surface area contributed by atoms with Crippen molar-refractivity contribution in [3.63, 3.8) is 0 Å². The Hall–Kier alpha value is -1.70. The molecule has 0 radical (unpaired) electrons. The number of aromatic nitrogens is 2. The highest BCUT2D eigenvalue weighted by Crippen LogP contribution is 2.12. The van der Waals surface area contributed by atoms with E-state index in [-0.39, 0.29) is 11.4 Å². The second kappa shape index (κ2) is 5.74. The monoisotopic (exact) mass is 294 g/mol. The highest BCUT2D eigenvalue weighted by Gasteiger charge is 2.14. The first-order valence-electron chi connectivity index (χ1n) is 6.20. The summed E-state index contributed by atoms with van der Waals surface area (Å²) in [4.78, 5) is 0.233. The van der Waals surface area contributed by atoms with E-state index in [2.05, 4.69) is 9.82 Å². The molecule has 0 saturated heterocycles. The van der Waals surface area contributed by atoms with E-state index in [1.807, 2.05) is 14.0 Å². The number of nitrogens with two attached hydrogens (primary N) is 1. The zero-order valence-electron chi connectivity index (χ0n) is 11.5. The number of aryl methyl sites for hydroxylation is 1. The third kappa shape index (κ3) is 3.06. The summed E-state index contributed by atoms with van der Waals surface area (Å²) in [6.07, 6.45) is 1.66. The Labute approximate surface area is 118 Å². The smallest absolute Gasteiger partial charge is 0.240 e. The first kappa shape index (κ1) is 14.7. The van der Waals surface area contributed by atoms with E-state index in [4.69, 9.17) is 5.73 Å². The maximum absolute atomic E-state index is 12.2. The van der Waals surface area contributed by atoms with Gasteiger partial charge in [-0.15, -0.1) is 0 Å². The number of hydrogen-bond donors (Lipinski definition) is 2. The van der Waals surface area contributed by atoms with E-state index < -0.39 is 10.0 Å². The zero-order valence-corrected chi connectivity index (χ0v) is 12.3. The molecule has 0 aliphatic rings. The summed E-state index contributed by atoms with van der Waals surface area (Å²) in [6.45, 7) is 2.51. The topological polar surface area (TPSA) is 90.0 Å². The standard InChI is InChI=1S/C13H18N4O2S/c1-10-12(8-15-17(10)2)9-16-20(18,19)13-5-3-11(7-14)4-6-13/h3-6,8,16H,7,9,14H2,1-2H3. The quantitative estimate of drug-likeness (QED) is 0.848. The fraction of sp³-hybridized carbons (Fsp3) is 0.308. The number of benzene rings is 1. The van der Waals surface area contributed by atoms with Crippen molar-refractivity contribution in [2.45, 2.75) is 24.9 Å². The van der Waals surface area contributed by atoms with Crippen LogP contribution in [0.4, 0.5) is 0 Å². The number of sulfonamides is 1. The lowest BCUT2D eigenvalue weighted by atomic mass is 10.2.